The van der Waals surface area contributed by atoms with Gasteiger partial charge < -0.3 is 9.84 Å². The molecule has 5 heteroatoms. The SMILES string of the molecule is Cc1cc(CNc2snc3ccccc23)on1. The highest BCUT2D eigenvalue weighted by molar-refractivity contribution is 7.11. The second-order valence-corrected chi connectivity index (χ2v) is 4.59. The molecule has 2 aromatic heterocycles. The maximum atomic E-state index is 5.15. The van der Waals surface area contributed by atoms with Crippen molar-refractivity contribution >= 4 is 27.4 Å². The summed E-state index contributed by atoms with van der Waals surface area (Å²) in [5.74, 6) is 0.833. The summed E-state index contributed by atoms with van der Waals surface area (Å²) in [4.78, 5) is 0. The first-order valence-corrected chi connectivity index (χ1v) is 6.11. The van der Waals surface area contributed by atoms with E-state index >= 15 is 0 Å². The quantitative estimate of drug-likeness (QED) is 0.769. The molecule has 3 rings (SSSR count). The molecule has 0 aliphatic carbocycles. The molecule has 0 saturated carbocycles. The Kier molecular flexibility index (Phi) is 2.53. The number of benzene rings is 1. The lowest BCUT2D eigenvalue weighted by atomic mass is 10.2. The lowest BCUT2D eigenvalue weighted by Gasteiger charge is -1.99. The van der Waals surface area contributed by atoms with Gasteiger partial charge in [0.2, 0.25) is 0 Å². The Bertz CT molecular complexity index is 644. The summed E-state index contributed by atoms with van der Waals surface area (Å²) >= 11 is 1.47. The topological polar surface area (TPSA) is 51.0 Å². The first-order valence-electron chi connectivity index (χ1n) is 5.33. The minimum Gasteiger partial charge on any atom is -0.368 e. The second kappa shape index (κ2) is 4.18. The highest BCUT2D eigenvalue weighted by Crippen LogP contribution is 2.27. The fourth-order valence-electron chi connectivity index (χ4n) is 1.68. The van der Waals surface area contributed by atoms with Gasteiger partial charge in [0.15, 0.2) is 5.76 Å². The highest BCUT2D eigenvalue weighted by Gasteiger charge is 2.06. The van der Waals surface area contributed by atoms with Crippen molar-refractivity contribution in [3.05, 3.63) is 41.8 Å². The zero-order chi connectivity index (χ0) is 11.7. The molecule has 1 N–H and O–H groups in total. The second-order valence-electron chi connectivity index (χ2n) is 3.82. The van der Waals surface area contributed by atoms with Crippen molar-refractivity contribution in [3.8, 4) is 0 Å². The van der Waals surface area contributed by atoms with E-state index in [0.29, 0.717) is 6.54 Å². The standard InChI is InChI=1S/C12H11N3OS/c1-8-6-9(16-14-8)7-13-12-10-4-2-3-5-11(10)15-17-12/h2-6,13H,7H2,1H3. The van der Waals surface area contributed by atoms with Crippen LogP contribution in [0.15, 0.2) is 34.9 Å². The van der Waals surface area contributed by atoms with Crippen LogP contribution in [0.2, 0.25) is 0 Å². The predicted octanol–water partition coefficient (Wildman–Crippen LogP) is 3.20. The van der Waals surface area contributed by atoms with Gasteiger partial charge in [0.25, 0.3) is 0 Å². The van der Waals surface area contributed by atoms with Gasteiger partial charge in [-0.2, -0.15) is 4.37 Å². The largest absolute Gasteiger partial charge is 0.368 e. The number of fused-ring (bicyclic) bond motifs is 1. The van der Waals surface area contributed by atoms with E-state index in [0.717, 1.165) is 27.4 Å². The number of aryl methyl sites for hydroxylation is 1. The Morgan fingerprint density at radius 1 is 1.35 bits per heavy atom. The number of rotatable bonds is 3. The van der Waals surface area contributed by atoms with Crippen molar-refractivity contribution in [1.82, 2.24) is 9.53 Å². The van der Waals surface area contributed by atoms with Crippen LogP contribution in [0.4, 0.5) is 5.00 Å². The average molecular weight is 245 g/mol. The first kappa shape index (κ1) is 10.3. The molecule has 86 valence electrons. The van der Waals surface area contributed by atoms with Crippen LogP contribution < -0.4 is 5.32 Å². The minimum absolute atomic E-state index is 0.632. The molecule has 0 fully saturated rings. The summed E-state index contributed by atoms with van der Waals surface area (Å²) in [6.45, 7) is 2.54. The zero-order valence-electron chi connectivity index (χ0n) is 9.30. The zero-order valence-corrected chi connectivity index (χ0v) is 10.1. The molecule has 0 aliphatic rings. The average Bonchev–Trinajstić information content (AvgIpc) is 2.93. The Morgan fingerprint density at radius 2 is 2.24 bits per heavy atom. The third kappa shape index (κ3) is 2.01. The summed E-state index contributed by atoms with van der Waals surface area (Å²) in [6.07, 6.45) is 0. The predicted molar refractivity (Wildman–Crippen MR) is 68.2 cm³/mol. The summed E-state index contributed by atoms with van der Waals surface area (Å²) < 4.78 is 9.52. The molecule has 0 aliphatic heterocycles. The van der Waals surface area contributed by atoms with E-state index in [1.807, 2.05) is 31.2 Å². The smallest absolute Gasteiger partial charge is 0.156 e. The molecule has 2 heterocycles. The molecule has 0 saturated heterocycles. The molecular weight excluding hydrogens is 234 g/mol. The van der Waals surface area contributed by atoms with Gasteiger partial charge in [-0.05, 0) is 30.6 Å². The maximum Gasteiger partial charge on any atom is 0.156 e. The number of hydrogen-bond acceptors (Lipinski definition) is 5. The van der Waals surface area contributed by atoms with Crippen molar-refractivity contribution in [2.75, 3.05) is 5.32 Å². The third-order valence-corrected chi connectivity index (χ3v) is 3.32. The Morgan fingerprint density at radius 3 is 3.06 bits per heavy atom. The molecule has 1 aromatic carbocycles. The van der Waals surface area contributed by atoms with Crippen LogP contribution in [0.1, 0.15) is 11.5 Å². The van der Waals surface area contributed by atoms with Gasteiger partial charge in [-0.25, -0.2) is 0 Å². The van der Waals surface area contributed by atoms with Crippen LogP contribution >= 0.6 is 11.5 Å². The molecule has 0 atom stereocenters. The number of nitrogens with one attached hydrogen (secondary N) is 1. The van der Waals surface area contributed by atoms with Crippen LogP contribution in [0, 0.1) is 6.92 Å². The number of nitrogens with zero attached hydrogens (tertiary/aromatic N) is 2. The summed E-state index contributed by atoms with van der Waals surface area (Å²) in [5.41, 5.74) is 1.92. The van der Waals surface area contributed by atoms with Crippen molar-refractivity contribution < 1.29 is 4.52 Å². The molecule has 0 spiro atoms. The lowest BCUT2D eigenvalue weighted by molar-refractivity contribution is 0.384. The van der Waals surface area contributed by atoms with Crippen LogP contribution in [-0.4, -0.2) is 9.53 Å². The van der Waals surface area contributed by atoms with E-state index < -0.39 is 0 Å². The molecule has 17 heavy (non-hydrogen) atoms. The minimum atomic E-state index is 0.632. The van der Waals surface area contributed by atoms with E-state index in [2.05, 4.69) is 20.9 Å². The van der Waals surface area contributed by atoms with Crippen molar-refractivity contribution in [3.63, 3.8) is 0 Å². The summed E-state index contributed by atoms with van der Waals surface area (Å²) in [6, 6.07) is 10.0. The van der Waals surface area contributed by atoms with E-state index in [-0.39, 0.29) is 0 Å². The van der Waals surface area contributed by atoms with Gasteiger partial charge in [0, 0.05) is 11.5 Å². The molecule has 3 aromatic rings. The molecule has 4 nitrogen and oxygen atoms in total. The van der Waals surface area contributed by atoms with E-state index in [1.165, 1.54) is 11.5 Å². The van der Waals surface area contributed by atoms with Gasteiger partial charge in [-0.15, -0.1) is 0 Å². The molecular formula is C12H11N3OS. The van der Waals surface area contributed by atoms with Crippen LogP contribution in [0.25, 0.3) is 10.9 Å². The van der Waals surface area contributed by atoms with E-state index in [1.54, 1.807) is 0 Å². The number of anilines is 1. The normalized spacial score (nSPS) is 10.9. The van der Waals surface area contributed by atoms with E-state index in [9.17, 15) is 0 Å². The Balaban J connectivity index is 1.81. The maximum absolute atomic E-state index is 5.15. The monoisotopic (exact) mass is 245 g/mol. The summed E-state index contributed by atoms with van der Waals surface area (Å²) in [7, 11) is 0. The third-order valence-electron chi connectivity index (χ3n) is 2.48. The van der Waals surface area contributed by atoms with Crippen LogP contribution in [0.3, 0.4) is 0 Å². The van der Waals surface area contributed by atoms with Crippen molar-refractivity contribution in [2.45, 2.75) is 13.5 Å². The fraction of sp³-hybridized carbons (Fsp3) is 0.167. The molecule has 0 radical (unpaired) electrons. The fourth-order valence-corrected chi connectivity index (χ4v) is 2.44. The van der Waals surface area contributed by atoms with Gasteiger partial charge in [0.05, 0.1) is 17.8 Å². The first-order chi connectivity index (χ1) is 8.33. The van der Waals surface area contributed by atoms with E-state index in [4.69, 9.17) is 4.52 Å². The number of hydrogen-bond donors (Lipinski definition) is 1. The highest BCUT2D eigenvalue weighted by atomic mass is 32.1. The Hall–Kier alpha value is -1.88. The molecule has 0 unspecified atom stereocenters. The molecule has 0 bridgehead atoms. The van der Waals surface area contributed by atoms with Gasteiger partial charge in [0.1, 0.15) is 5.00 Å². The number of aromatic nitrogens is 2. The van der Waals surface area contributed by atoms with Crippen molar-refractivity contribution in [2.24, 2.45) is 0 Å². The van der Waals surface area contributed by atoms with Crippen molar-refractivity contribution in [1.29, 1.82) is 0 Å². The van der Waals surface area contributed by atoms with Gasteiger partial charge in [-0.1, -0.05) is 17.3 Å². The Labute approximate surface area is 102 Å². The van der Waals surface area contributed by atoms with Gasteiger partial charge in [-0.3, -0.25) is 0 Å². The lowest BCUT2D eigenvalue weighted by Crippen LogP contribution is -1.96. The summed E-state index contributed by atoms with van der Waals surface area (Å²) in [5, 5.41) is 9.38. The molecule has 0 amide bonds. The van der Waals surface area contributed by atoms with Crippen LogP contribution in [-0.2, 0) is 6.54 Å². The van der Waals surface area contributed by atoms with Gasteiger partial charge >= 0.3 is 0 Å². The van der Waals surface area contributed by atoms with Crippen LogP contribution in [0.5, 0.6) is 0 Å².